The van der Waals surface area contributed by atoms with Gasteiger partial charge in [0.2, 0.25) is 0 Å². The van der Waals surface area contributed by atoms with E-state index in [0.717, 1.165) is 6.04 Å². The van der Waals surface area contributed by atoms with Crippen LogP contribution in [0, 0.1) is 0 Å². The minimum Gasteiger partial charge on any atom is -0.298 e. The SMILES string of the molecule is CC[C@H]1CN(C(C)C)CCN1C(C)C. The Hall–Kier alpha value is -0.0800. The highest BCUT2D eigenvalue weighted by atomic mass is 15.3. The molecular weight excluding hydrogens is 172 g/mol. The highest BCUT2D eigenvalue weighted by Crippen LogP contribution is 2.17. The molecule has 1 aliphatic rings. The van der Waals surface area contributed by atoms with E-state index in [1.54, 1.807) is 0 Å². The van der Waals surface area contributed by atoms with Gasteiger partial charge in [0, 0.05) is 37.8 Å². The van der Waals surface area contributed by atoms with E-state index in [9.17, 15) is 0 Å². The van der Waals surface area contributed by atoms with E-state index in [1.165, 1.54) is 26.1 Å². The summed E-state index contributed by atoms with van der Waals surface area (Å²) in [7, 11) is 0. The molecular formula is C12H26N2. The van der Waals surface area contributed by atoms with Crippen LogP contribution in [0.25, 0.3) is 0 Å². The summed E-state index contributed by atoms with van der Waals surface area (Å²) in [5.74, 6) is 0. The summed E-state index contributed by atoms with van der Waals surface area (Å²) in [6, 6.07) is 2.18. The summed E-state index contributed by atoms with van der Waals surface area (Å²) >= 11 is 0. The summed E-state index contributed by atoms with van der Waals surface area (Å²) in [6.07, 6.45) is 1.28. The molecule has 2 heteroatoms. The van der Waals surface area contributed by atoms with Gasteiger partial charge in [0.25, 0.3) is 0 Å². The van der Waals surface area contributed by atoms with Crippen molar-refractivity contribution in [3.63, 3.8) is 0 Å². The predicted molar refractivity (Wildman–Crippen MR) is 62.6 cm³/mol. The number of rotatable bonds is 3. The third kappa shape index (κ3) is 2.71. The molecule has 1 heterocycles. The number of nitrogens with zero attached hydrogens (tertiary/aromatic N) is 2. The van der Waals surface area contributed by atoms with Crippen molar-refractivity contribution in [2.75, 3.05) is 19.6 Å². The van der Waals surface area contributed by atoms with Crippen LogP contribution < -0.4 is 0 Å². The van der Waals surface area contributed by atoms with Crippen molar-refractivity contribution in [2.24, 2.45) is 0 Å². The molecule has 0 aliphatic carbocycles. The van der Waals surface area contributed by atoms with Crippen molar-refractivity contribution in [1.82, 2.24) is 9.80 Å². The molecule has 0 amide bonds. The maximum atomic E-state index is 2.65. The molecule has 1 saturated heterocycles. The standard InChI is InChI=1S/C12H26N2/c1-6-12-9-13(10(2)3)7-8-14(12)11(4)5/h10-12H,6-9H2,1-5H3/t12-/m0/s1. The summed E-state index contributed by atoms with van der Waals surface area (Å²) in [4.78, 5) is 5.26. The molecule has 84 valence electrons. The second kappa shape index (κ2) is 5.13. The highest BCUT2D eigenvalue weighted by Gasteiger charge is 2.27. The normalized spacial score (nSPS) is 26.4. The molecule has 1 rings (SSSR count). The lowest BCUT2D eigenvalue weighted by molar-refractivity contribution is 0.0348. The Bertz CT molecular complexity index is 166. The van der Waals surface area contributed by atoms with E-state index in [4.69, 9.17) is 0 Å². The van der Waals surface area contributed by atoms with E-state index in [0.29, 0.717) is 12.1 Å². The summed E-state index contributed by atoms with van der Waals surface area (Å²) in [6.45, 7) is 15.3. The molecule has 1 aliphatic heterocycles. The minimum atomic E-state index is 0.703. The first-order valence-corrected chi connectivity index (χ1v) is 6.06. The van der Waals surface area contributed by atoms with Crippen LogP contribution >= 0.6 is 0 Å². The smallest absolute Gasteiger partial charge is 0.0223 e. The Morgan fingerprint density at radius 2 is 1.71 bits per heavy atom. The lowest BCUT2D eigenvalue weighted by atomic mass is 10.1. The van der Waals surface area contributed by atoms with E-state index >= 15 is 0 Å². The summed E-state index contributed by atoms with van der Waals surface area (Å²) < 4.78 is 0. The third-order valence-corrected chi connectivity index (χ3v) is 3.42. The van der Waals surface area contributed by atoms with Gasteiger partial charge in [-0.15, -0.1) is 0 Å². The Balaban J connectivity index is 2.54. The van der Waals surface area contributed by atoms with Crippen LogP contribution in [0.2, 0.25) is 0 Å². The zero-order chi connectivity index (χ0) is 10.7. The van der Waals surface area contributed by atoms with Crippen molar-refractivity contribution >= 4 is 0 Å². The highest BCUT2D eigenvalue weighted by molar-refractivity contribution is 4.84. The van der Waals surface area contributed by atoms with Crippen molar-refractivity contribution in [3.8, 4) is 0 Å². The van der Waals surface area contributed by atoms with Gasteiger partial charge in [0.1, 0.15) is 0 Å². The average molecular weight is 198 g/mol. The van der Waals surface area contributed by atoms with E-state index < -0.39 is 0 Å². The minimum absolute atomic E-state index is 0.703. The Kier molecular flexibility index (Phi) is 4.39. The van der Waals surface area contributed by atoms with Gasteiger partial charge in [0.15, 0.2) is 0 Å². The first-order chi connectivity index (χ1) is 6.56. The van der Waals surface area contributed by atoms with Crippen molar-refractivity contribution in [2.45, 2.75) is 59.2 Å². The molecule has 0 saturated carbocycles. The van der Waals surface area contributed by atoms with Crippen LogP contribution in [0.15, 0.2) is 0 Å². The van der Waals surface area contributed by atoms with E-state index in [1.807, 2.05) is 0 Å². The Morgan fingerprint density at radius 1 is 1.07 bits per heavy atom. The molecule has 2 nitrogen and oxygen atoms in total. The molecule has 0 unspecified atom stereocenters. The molecule has 14 heavy (non-hydrogen) atoms. The largest absolute Gasteiger partial charge is 0.298 e. The maximum Gasteiger partial charge on any atom is 0.0223 e. The zero-order valence-corrected chi connectivity index (χ0v) is 10.5. The molecule has 1 fully saturated rings. The predicted octanol–water partition coefficient (Wildman–Crippen LogP) is 2.20. The fraction of sp³-hybridized carbons (Fsp3) is 1.00. The van der Waals surface area contributed by atoms with Crippen molar-refractivity contribution < 1.29 is 0 Å². The van der Waals surface area contributed by atoms with E-state index in [-0.39, 0.29) is 0 Å². The van der Waals surface area contributed by atoms with Gasteiger partial charge < -0.3 is 0 Å². The average Bonchev–Trinajstić information content (AvgIpc) is 2.16. The lowest BCUT2D eigenvalue weighted by Gasteiger charge is -2.44. The zero-order valence-electron chi connectivity index (χ0n) is 10.5. The van der Waals surface area contributed by atoms with Crippen LogP contribution in [0.5, 0.6) is 0 Å². The molecule has 0 N–H and O–H groups in total. The van der Waals surface area contributed by atoms with Gasteiger partial charge in [-0.3, -0.25) is 9.80 Å². The second-order valence-electron chi connectivity index (χ2n) is 4.98. The lowest BCUT2D eigenvalue weighted by Crippen LogP contribution is -2.56. The van der Waals surface area contributed by atoms with E-state index in [2.05, 4.69) is 44.4 Å². The molecule has 0 aromatic heterocycles. The summed E-state index contributed by atoms with van der Waals surface area (Å²) in [5, 5.41) is 0. The van der Waals surface area contributed by atoms with Crippen molar-refractivity contribution in [1.29, 1.82) is 0 Å². The van der Waals surface area contributed by atoms with Gasteiger partial charge in [-0.2, -0.15) is 0 Å². The molecule has 0 aromatic carbocycles. The van der Waals surface area contributed by atoms with Gasteiger partial charge in [-0.1, -0.05) is 6.92 Å². The molecule has 0 bridgehead atoms. The van der Waals surface area contributed by atoms with Crippen LogP contribution in [0.3, 0.4) is 0 Å². The summed E-state index contributed by atoms with van der Waals surface area (Å²) in [5.41, 5.74) is 0. The third-order valence-electron chi connectivity index (χ3n) is 3.42. The maximum absolute atomic E-state index is 2.65. The quantitative estimate of drug-likeness (QED) is 0.686. The molecule has 0 radical (unpaired) electrons. The molecule has 0 aromatic rings. The topological polar surface area (TPSA) is 6.48 Å². The fourth-order valence-corrected chi connectivity index (χ4v) is 2.41. The van der Waals surface area contributed by atoms with Crippen LogP contribution in [0.4, 0.5) is 0 Å². The second-order valence-corrected chi connectivity index (χ2v) is 4.98. The number of hydrogen-bond acceptors (Lipinski definition) is 2. The van der Waals surface area contributed by atoms with Crippen molar-refractivity contribution in [3.05, 3.63) is 0 Å². The number of piperazine rings is 1. The fourth-order valence-electron chi connectivity index (χ4n) is 2.41. The van der Waals surface area contributed by atoms with Gasteiger partial charge in [-0.25, -0.2) is 0 Å². The Labute approximate surface area is 89.3 Å². The first kappa shape index (κ1) is 12.0. The number of hydrogen-bond donors (Lipinski definition) is 0. The van der Waals surface area contributed by atoms with Crippen LogP contribution in [-0.2, 0) is 0 Å². The van der Waals surface area contributed by atoms with Gasteiger partial charge in [0.05, 0.1) is 0 Å². The first-order valence-electron chi connectivity index (χ1n) is 6.06. The van der Waals surface area contributed by atoms with Gasteiger partial charge >= 0.3 is 0 Å². The van der Waals surface area contributed by atoms with Crippen LogP contribution in [0.1, 0.15) is 41.0 Å². The molecule has 0 spiro atoms. The monoisotopic (exact) mass is 198 g/mol. The van der Waals surface area contributed by atoms with Crippen LogP contribution in [-0.4, -0.2) is 47.6 Å². The Morgan fingerprint density at radius 3 is 2.14 bits per heavy atom. The van der Waals surface area contributed by atoms with Gasteiger partial charge in [-0.05, 0) is 34.1 Å². The molecule has 1 atom stereocenters.